The largest absolute Gasteiger partial charge is 0.485 e. The van der Waals surface area contributed by atoms with Crippen LogP contribution < -0.4 is 4.74 Å². The summed E-state index contributed by atoms with van der Waals surface area (Å²) in [7, 11) is -3.15. The SMILES string of the molecule is CS(=O)(=O)CC(Oc1ccc(Cl)cc1)c1ccccc1. The zero-order valence-electron chi connectivity index (χ0n) is 11.0. The lowest BCUT2D eigenvalue weighted by molar-refractivity contribution is 0.229. The second-order valence-corrected chi connectivity index (χ2v) is 7.18. The second kappa shape index (κ2) is 6.29. The minimum atomic E-state index is -3.15. The molecule has 20 heavy (non-hydrogen) atoms. The molecule has 0 bridgehead atoms. The maximum absolute atomic E-state index is 11.6. The van der Waals surface area contributed by atoms with Gasteiger partial charge in [0.25, 0.3) is 0 Å². The van der Waals surface area contributed by atoms with Crippen molar-refractivity contribution in [1.82, 2.24) is 0 Å². The molecule has 0 spiro atoms. The Balaban J connectivity index is 2.25. The van der Waals surface area contributed by atoms with Gasteiger partial charge in [0, 0.05) is 11.3 Å². The molecule has 2 aromatic carbocycles. The van der Waals surface area contributed by atoms with Gasteiger partial charge >= 0.3 is 0 Å². The fraction of sp³-hybridized carbons (Fsp3) is 0.200. The molecule has 0 radical (unpaired) electrons. The highest BCUT2D eigenvalue weighted by Gasteiger charge is 2.19. The Bertz CT molecular complexity index is 651. The monoisotopic (exact) mass is 310 g/mol. The molecule has 0 fully saturated rings. The van der Waals surface area contributed by atoms with E-state index in [1.165, 1.54) is 6.26 Å². The summed E-state index contributed by atoms with van der Waals surface area (Å²) in [5.74, 6) is 0.520. The van der Waals surface area contributed by atoms with Gasteiger partial charge in [0.05, 0.1) is 5.75 Å². The van der Waals surface area contributed by atoms with Gasteiger partial charge in [-0.15, -0.1) is 0 Å². The number of sulfone groups is 1. The van der Waals surface area contributed by atoms with Crippen LogP contribution in [0.4, 0.5) is 0 Å². The van der Waals surface area contributed by atoms with Crippen molar-refractivity contribution in [2.45, 2.75) is 6.10 Å². The first-order chi connectivity index (χ1) is 9.44. The number of hydrogen-bond donors (Lipinski definition) is 0. The Morgan fingerprint density at radius 2 is 1.65 bits per heavy atom. The summed E-state index contributed by atoms with van der Waals surface area (Å²) in [4.78, 5) is 0. The molecule has 3 nitrogen and oxygen atoms in total. The van der Waals surface area contributed by atoms with Crippen LogP contribution in [0.2, 0.25) is 5.02 Å². The van der Waals surface area contributed by atoms with E-state index in [4.69, 9.17) is 16.3 Å². The van der Waals surface area contributed by atoms with Gasteiger partial charge in [0.1, 0.15) is 11.9 Å². The van der Waals surface area contributed by atoms with Gasteiger partial charge in [0.2, 0.25) is 0 Å². The molecule has 0 aliphatic rings. The van der Waals surface area contributed by atoms with Crippen molar-refractivity contribution >= 4 is 21.4 Å². The first-order valence-electron chi connectivity index (χ1n) is 6.09. The zero-order chi connectivity index (χ0) is 14.6. The Labute approximate surface area is 124 Å². The average molecular weight is 311 g/mol. The van der Waals surface area contributed by atoms with E-state index in [2.05, 4.69) is 0 Å². The number of rotatable bonds is 5. The van der Waals surface area contributed by atoms with E-state index < -0.39 is 15.9 Å². The molecule has 106 valence electrons. The Morgan fingerprint density at radius 3 is 2.20 bits per heavy atom. The van der Waals surface area contributed by atoms with Crippen molar-refractivity contribution in [2.75, 3.05) is 12.0 Å². The molecule has 0 saturated heterocycles. The molecule has 0 aliphatic heterocycles. The van der Waals surface area contributed by atoms with Crippen molar-refractivity contribution in [3.63, 3.8) is 0 Å². The van der Waals surface area contributed by atoms with Crippen molar-refractivity contribution < 1.29 is 13.2 Å². The zero-order valence-corrected chi connectivity index (χ0v) is 12.6. The van der Waals surface area contributed by atoms with Gasteiger partial charge in [-0.1, -0.05) is 41.9 Å². The highest BCUT2D eigenvalue weighted by Crippen LogP contribution is 2.24. The van der Waals surface area contributed by atoms with Crippen LogP contribution in [0.15, 0.2) is 54.6 Å². The number of hydrogen-bond acceptors (Lipinski definition) is 3. The first-order valence-corrected chi connectivity index (χ1v) is 8.53. The van der Waals surface area contributed by atoms with Crippen LogP contribution in [0.1, 0.15) is 11.7 Å². The summed E-state index contributed by atoms with van der Waals surface area (Å²) in [6, 6.07) is 16.2. The predicted octanol–water partition coefficient (Wildman–Crippen LogP) is 3.50. The number of benzene rings is 2. The minimum Gasteiger partial charge on any atom is -0.485 e. The summed E-state index contributed by atoms with van der Waals surface area (Å²) in [6.45, 7) is 0. The fourth-order valence-corrected chi connectivity index (χ4v) is 2.75. The van der Waals surface area contributed by atoms with Crippen LogP contribution in [-0.2, 0) is 9.84 Å². The third-order valence-corrected chi connectivity index (χ3v) is 3.88. The van der Waals surface area contributed by atoms with Gasteiger partial charge in [-0.2, -0.15) is 0 Å². The molecule has 5 heteroatoms. The minimum absolute atomic E-state index is 0.0698. The molecule has 1 atom stereocenters. The van der Waals surface area contributed by atoms with Crippen LogP contribution in [0.25, 0.3) is 0 Å². The van der Waals surface area contributed by atoms with Gasteiger partial charge in [-0.05, 0) is 29.8 Å². The van der Waals surface area contributed by atoms with Crippen LogP contribution in [0, 0.1) is 0 Å². The van der Waals surface area contributed by atoms with E-state index in [9.17, 15) is 8.42 Å². The standard InChI is InChI=1S/C15H15ClO3S/c1-20(17,18)11-15(12-5-3-2-4-6-12)19-14-9-7-13(16)8-10-14/h2-10,15H,11H2,1H3. The number of halogens is 1. The van der Waals surface area contributed by atoms with Gasteiger partial charge < -0.3 is 4.74 Å². The van der Waals surface area contributed by atoms with Gasteiger partial charge in [0.15, 0.2) is 9.84 Å². The van der Waals surface area contributed by atoms with E-state index in [1.54, 1.807) is 24.3 Å². The van der Waals surface area contributed by atoms with Crippen molar-refractivity contribution in [3.8, 4) is 5.75 Å². The third-order valence-electron chi connectivity index (χ3n) is 2.72. The lowest BCUT2D eigenvalue weighted by Gasteiger charge is -2.19. The average Bonchev–Trinajstić information content (AvgIpc) is 2.40. The Hall–Kier alpha value is -1.52. The van der Waals surface area contributed by atoms with Crippen LogP contribution in [0.5, 0.6) is 5.75 Å². The van der Waals surface area contributed by atoms with Crippen molar-refractivity contribution in [2.24, 2.45) is 0 Å². The summed E-state index contributed by atoms with van der Waals surface area (Å²) in [5.41, 5.74) is 0.827. The molecule has 0 aliphatic carbocycles. The highest BCUT2D eigenvalue weighted by atomic mass is 35.5. The predicted molar refractivity (Wildman–Crippen MR) is 81.0 cm³/mol. The Morgan fingerprint density at radius 1 is 1.05 bits per heavy atom. The third kappa shape index (κ3) is 4.54. The molecule has 0 N–H and O–H groups in total. The van der Waals surface area contributed by atoms with E-state index in [-0.39, 0.29) is 5.75 Å². The van der Waals surface area contributed by atoms with Crippen molar-refractivity contribution in [1.29, 1.82) is 0 Å². The second-order valence-electron chi connectivity index (χ2n) is 4.56. The number of ether oxygens (including phenoxy) is 1. The molecule has 0 saturated carbocycles. The molecule has 2 aromatic rings. The molecule has 1 unspecified atom stereocenters. The van der Waals surface area contributed by atoms with E-state index in [1.807, 2.05) is 30.3 Å². The normalized spacial score (nSPS) is 12.9. The molecule has 0 aromatic heterocycles. The summed E-state index contributed by atoms with van der Waals surface area (Å²) < 4.78 is 28.9. The quantitative estimate of drug-likeness (QED) is 0.849. The maximum Gasteiger partial charge on any atom is 0.151 e. The molecule has 0 heterocycles. The van der Waals surface area contributed by atoms with E-state index >= 15 is 0 Å². The molecule has 2 rings (SSSR count). The summed E-state index contributed by atoms with van der Waals surface area (Å²) in [5, 5.41) is 0.608. The van der Waals surface area contributed by atoms with Crippen LogP contribution in [-0.4, -0.2) is 20.4 Å². The van der Waals surface area contributed by atoms with E-state index in [0.717, 1.165) is 5.56 Å². The molecular formula is C15H15ClO3S. The fourth-order valence-electron chi connectivity index (χ4n) is 1.82. The first kappa shape index (κ1) is 14.9. The summed E-state index contributed by atoms with van der Waals surface area (Å²) >= 11 is 5.82. The Kier molecular flexibility index (Phi) is 4.68. The van der Waals surface area contributed by atoms with E-state index in [0.29, 0.717) is 10.8 Å². The topological polar surface area (TPSA) is 43.4 Å². The van der Waals surface area contributed by atoms with Gasteiger partial charge in [-0.3, -0.25) is 0 Å². The smallest absolute Gasteiger partial charge is 0.151 e. The van der Waals surface area contributed by atoms with Crippen molar-refractivity contribution in [3.05, 3.63) is 65.2 Å². The molecular weight excluding hydrogens is 296 g/mol. The summed E-state index contributed by atoms with van der Waals surface area (Å²) in [6.07, 6.45) is 0.668. The maximum atomic E-state index is 11.6. The van der Waals surface area contributed by atoms with Gasteiger partial charge in [-0.25, -0.2) is 8.42 Å². The van der Waals surface area contributed by atoms with Crippen LogP contribution in [0.3, 0.4) is 0 Å². The lowest BCUT2D eigenvalue weighted by Crippen LogP contribution is -2.18. The lowest BCUT2D eigenvalue weighted by atomic mass is 10.1. The van der Waals surface area contributed by atoms with Crippen LogP contribution >= 0.6 is 11.6 Å². The highest BCUT2D eigenvalue weighted by molar-refractivity contribution is 7.90. The molecule has 0 amide bonds.